The second-order valence-electron chi connectivity index (χ2n) is 3.91. The van der Waals surface area contributed by atoms with Crippen LogP contribution in [-0.2, 0) is 14.3 Å². The summed E-state index contributed by atoms with van der Waals surface area (Å²) in [4.78, 5) is 32.9. The number of nitrogens with one attached hydrogen (secondary N) is 2. The lowest BCUT2D eigenvalue weighted by Crippen LogP contribution is -2.34. The molecule has 0 bridgehead atoms. The van der Waals surface area contributed by atoms with E-state index >= 15 is 0 Å². The monoisotopic (exact) mass is 292 g/mol. The maximum atomic E-state index is 11.5. The number of urea groups is 1. The van der Waals surface area contributed by atoms with E-state index in [0.29, 0.717) is 11.3 Å². The summed E-state index contributed by atoms with van der Waals surface area (Å²) < 4.78 is 4.67. The summed E-state index contributed by atoms with van der Waals surface area (Å²) in [5, 5.41) is 13.4. The first kappa shape index (κ1) is 16.2. The minimum absolute atomic E-state index is 0.209. The number of aliphatic carboxylic acids is 1. The number of benzene rings is 1. The number of carboxylic acids is 1. The van der Waals surface area contributed by atoms with Crippen LogP contribution in [0.1, 0.15) is 12.5 Å². The number of carbonyl (C=O) groups excluding carboxylic acids is 2. The first-order chi connectivity index (χ1) is 10.0. The van der Waals surface area contributed by atoms with E-state index in [9.17, 15) is 14.4 Å². The summed E-state index contributed by atoms with van der Waals surface area (Å²) in [6.07, 6.45) is 2.46. The number of carboxylic acid groups (broad SMARTS) is 1. The zero-order valence-corrected chi connectivity index (χ0v) is 11.5. The predicted octanol–water partition coefficient (Wildman–Crippen LogP) is 1.47. The summed E-state index contributed by atoms with van der Waals surface area (Å²) in [5.74, 6) is -1.54. The lowest BCUT2D eigenvalue weighted by molar-refractivity contribution is -0.141. The summed E-state index contributed by atoms with van der Waals surface area (Å²) in [6, 6.07) is 6.01. The molecule has 3 N–H and O–H groups in total. The molecule has 0 spiro atoms. The third kappa shape index (κ3) is 6.76. The quantitative estimate of drug-likeness (QED) is 0.544. The van der Waals surface area contributed by atoms with Gasteiger partial charge in [-0.05, 0) is 30.7 Å². The highest BCUT2D eigenvalue weighted by Crippen LogP contribution is 2.10. The fraction of sp³-hybridized carbons (Fsp3) is 0.214. The SMILES string of the molecule is CCOC(=O)CNC(=O)Nc1ccc(/C=C/C(=O)O)cc1. The van der Waals surface area contributed by atoms with Gasteiger partial charge < -0.3 is 20.5 Å². The molecule has 0 saturated heterocycles. The van der Waals surface area contributed by atoms with Crippen molar-refractivity contribution in [3.63, 3.8) is 0 Å². The molecule has 0 atom stereocenters. The summed E-state index contributed by atoms with van der Waals surface area (Å²) in [6.45, 7) is 1.73. The van der Waals surface area contributed by atoms with E-state index in [1.807, 2.05) is 0 Å². The fourth-order valence-corrected chi connectivity index (χ4v) is 1.38. The molecule has 2 amide bonds. The topological polar surface area (TPSA) is 105 Å². The second kappa shape index (κ2) is 8.36. The maximum Gasteiger partial charge on any atom is 0.328 e. The number of ether oxygens (including phenoxy) is 1. The fourth-order valence-electron chi connectivity index (χ4n) is 1.38. The Morgan fingerprint density at radius 3 is 2.48 bits per heavy atom. The van der Waals surface area contributed by atoms with E-state index in [-0.39, 0.29) is 13.2 Å². The van der Waals surface area contributed by atoms with Crippen LogP contribution in [-0.4, -0.2) is 36.2 Å². The van der Waals surface area contributed by atoms with E-state index in [1.54, 1.807) is 31.2 Å². The lowest BCUT2D eigenvalue weighted by Gasteiger charge is -2.07. The Morgan fingerprint density at radius 1 is 1.24 bits per heavy atom. The Kier molecular flexibility index (Phi) is 6.46. The van der Waals surface area contributed by atoms with Gasteiger partial charge in [-0.15, -0.1) is 0 Å². The molecule has 0 heterocycles. The van der Waals surface area contributed by atoms with Crippen molar-refractivity contribution < 1.29 is 24.2 Å². The molecule has 0 aliphatic rings. The molecule has 21 heavy (non-hydrogen) atoms. The zero-order valence-electron chi connectivity index (χ0n) is 11.5. The van der Waals surface area contributed by atoms with E-state index in [4.69, 9.17) is 5.11 Å². The van der Waals surface area contributed by atoms with Gasteiger partial charge in [0.1, 0.15) is 6.54 Å². The van der Waals surface area contributed by atoms with Crippen molar-refractivity contribution >= 4 is 29.7 Å². The lowest BCUT2D eigenvalue weighted by atomic mass is 10.2. The van der Waals surface area contributed by atoms with E-state index in [0.717, 1.165) is 6.08 Å². The van der Waals surface area contributed by atoms with Gasteiger partial charge >= 0.3 is 18.0 Å². The van der Waals surface area contributed by atoms with E-state index < -0.39 is 18.0 Å². The van der Waals surface area contributed by atoms with Gasteiger partial charge in [-0.25, -0.2) is 9.59 Å². The maximum absolute atomic E-state index is 11.5. The van der Waals surface area contributed by atoms with Crippen molar-refractivity contribution in [2.24, 2.45) is 0 Å². The molecule has 1 aromatic carbocycles. The van der Waals surface area contributed by atoms with Gasteiger partial charge in [-0.1, -0.05) is 12.1 Å². The first-order valence-corrected chi connectivity index (χ1v) is 6.23. The van der Waals surface area contributed by atoms with Gasteiger partial charge in [0.15, 0.2) is 0 Å². The van der Waals surface area contributed by atoms with Crippen LogP contribution in [0.3, 0.4) is 0 Å². The molecule has 112 valence electrons. The number of esters is 1. The Bertz CT molecular complexity index is 537. The van der Waals surface area contributed by atoms with Gasteiger partial charge in [0.05, 0.1) is 6.61 Å². The molecule has 0 unspecified atom stereocenters. The Hall–Kier alpha value is -2.83. The third-order valence-electron chi connectivity index (χ3n) is 2.29. The number of hydrogen-bond donors (Lipinski definition) is 3. The molecular formula is C14H16N2O5. The van der Waals surface area contributed by atoms with Gasteiger partial charge in [-0.3, -0.25) is 4.79 Å². The number of rotatable bonds is 6. The van der Waals surface area contributed by atoms with Crippen molar-refractivity contribution in [1.29, 1.82) is 0 Å². The predicted molar refractivity (Wildman–Crippen MR) is 76.8 cm³/mol. The van der Waals surface area contributed by atoms with Crippen molar-refractivity contribution in [2.75, 3.05) is 18.5 Å². The minimum Gasteiger partial charge on any atom is -0.478 e. The summed E-state index contributed by atoms with van der Waals surface area (Å²) in [7, 11) is 0. The molecule has 1 aromatic rings. The first-order valence-electron chi connectivity index (χ1n) is 6.23. The van der Waals surface area contributed by atoms with Gasteiger partial charge in [0.25, 0.3) is 0 Å². The molecule has 0 saturated carbocycles. The minimum atomic E-state index is -1.03. The largest absolute Gasteiger partial charge is 0.478 e. The standard InChI is InChI=1S/C14H16N2O5/c1-2-21-13(19)9-15-14(20)16-11-6-3-10(4-7-11)5-8-12(17)18/h3-8H,2,9H2,1H3,(H,17,18)(H2,15,16,20)/b8-5+. The molecule has 0 fully saturated rings. The van der Waals surface area contributed by atoms with E-state index in [2.05, 4.69) is 15.4 Å². The number of amides is 2. The van der Waals surface area contributed by atoms with Crippen LogP contribution in [0.2, 0.25) is 0 Å². The highest BCUT2D eigenvalue weighted by atomic mass is 16.5. The summed E-state index contributed by atoms with van der Waals surface area (Å²) >= 11 is 0. The Balaban J connectivity index is 2.46. The van der Waals surface area contributed by atoms with Crippen molar-refractivity contribution in [2.45, 2.75) is 6.92 Å². The normalized spacial score (nSPS) is 10.1. The molecule has 0 aliphatic heterocycles. The number of carbonyl (C=O) groups is 3. The van der Waals surface area contributed by atoms with E-state index in [1.165, 1.54) is 6.08 Å². The van der Waals surface area contributed by atoms with Crippen LogP contribution in [0.25, 0.3) is 6.08 Å². The second-order valence-corrected chi connectivity index (χ2v) is 3.91. The van der Waals surface area contributed by atoms with Crippen molar-refractivity contribution in [3.8, 4) is 0 Å². The van der Waals surface area contributed by atoms with Gasteiger partial charge in [0.2, 0.25) is 0 Å². The van der Waals surface area contributed by atoms with Crippen LogP contribution < -0.4 is 10.6 Å². The average Bonchev–Trinajstić information content (AvgIpc) is 2.45. The zero-order chi connectivity index (χ0) is 15.7. The average molecular weight is 292 g/mol. The van der Waals surface area contributed by atoms with Crippen LogP contribution in [0.15, 0.2) is 30.3 Å². The molecule has 0 aromatic heterocycles. The smallest absolute Gasteiger partial charge is 0.328 e. The molecule has 7 nitrogen and oxygen atoms in total. The molecule has 0 aliphatic carbocycles. The summed E-state index contributed by atoms with van der Waals surface area (Å²) in [5.41, 5.74) is 1.21. The molecule has 7 heteroatoms. The van der Waals surface area contributed by atoms with Crippen molar-refractivity contribution in [3.05, 3.63) is 35.9 Å². The van der Waals surface area contributed by atoms with Crippen LogP contribution in [0.4, 0.5) is 10.5 Å². The van der Waals surface area contributed by atoms with Crippen LogP contribution >= 0.6 is 0 Å². The van der Waals surface area contributed by atoms with Crippen LogP contribution in [0, 0.1) is 0 Å². The molecule has 0 radical (unpaired) electrons. The van der Waals surface area contributed by atoms with Crippen LogP contribution in [0.5, 0.6) is 0 Å². The highest BCUT2D eigenvalue weighted by Gasteiger charge is 2.05. The van der Waals surface area contributed by atoms with Gasteiger partial charge in [-0.2, -0.15) is 0 Å². The Labute approximate surface area is 121 Å². The molecule has 1 rings (SSSR count). The number of hydrogen-bond acceptors (Lipinski definition) is 4. The highest BCUT2D eigenvalue weighted by molar-refractivity contribution is 5.91. The Morgan fingerprint density at radius 2 is 1.90 bits per heavy atom. The number of anilines is 1. The molecular weight excluding hydrogens is 276 g/mol. The van der Waals surface area contributed by atoms with Gasteiger partial charge in [0, 0.05) is 11.8 Å². The van der Waals surface area contributed by atoms with Crippen molar-refractivity contribution in [1.82, 2.24) is 5.32 Å². The third-order valence-corrected chi connectivity index (χ3v) is 2.29.